The van der Waals surface area contributed by atoms with E-state index in [1.807, 2.05) is 0 Å². The average molecular weight is 276 g/mol. The van der Waals surface area contributed by atoms with Gasteiger partial charge in [-0.2, -0.15) is 0 Å². The summed E-state index contributed by atoms with van der Waals surface area (Å²) in [5.41, 5.74) is 6.79. The highest BCUT2D eigenvalue weighted by Crippen LogP contribution is 2.59. The Kier molecular flexibility index (Phi) is 3.38. The van der Waals surface area contributed by atoms with Gasteiger partial charge in [0.05, 0.1) is 0 Å². The molecule has 5 saturated carbocycles. The lowest BCUT2D eigenvalue weighted by Gasteiger charge is -2.64. The van der Waals surface area contributed by atoms with Crippen molar-refractivity contribution in [1.82, 2.24) is 4.90 Å². The van der Waals surface area contributed by atoms with Crippen molar-refractivity contribution in [3.63, 3.8) is 0 Å². The fraction of sp³-hybridized carbons (Fsp3) is 1.00. The molecule has 0 radical (unpaired) electrons. The zero-order valence-corrected chi connectivity index (χ0v) is 13.2. The van der Waals surface area contributed by atoms with Gasteiger partial charge < -0.3 is 5.73 Å². The van der Waals surface area contributed by atoms with Gasteiger partial charge in [0.25, 0.3) is 0 Å². The summed E-state index contributed by atoms with van der Waals surface area (Å²) in [4.78, 5) is 2.76. The minimum Gasteiger partial charge on any atom is -0.329 e. The fourth-order valence-corrected chi connectivity index (χ4v) is 6.86. The summed E-state index contributed by atoms with van der Waals surface area (Å²) in [7, 11) is 2.41. The van der Waals surface area contributed by atoms with Gasteiger partial charge in [0.15, 0.2) is 0 Å². The van der Waals surface area contributed by atoms with Gasteiger partial charge in [0.1, 0.15) is 0 Å². The molecule has 20 heavy (non-hydrogen) atoms. The third-order valence-electron chi connectivity index (χ3n) is 7.60. The highest BCUT2D eigenvalue weighted by molar-refractivity contribution is 5.12. The molecule has 0 aromatic rings. The van der Waals surface area contributed by atoms with Crippen LogP contribution < -0.4 is 5.73 Å². The maximum absolute atomic E-state index is 6.42. The molecule has 5 aliphatic carbocycles. The SMILES string of the molecule is CN(CC1CCCC1)C1(CN)C2CC3CC(C2)CC1C3. The lowest BCUT2D eigenvalue weighted by atomic mass is 9.48. The Labute approximate surface area is 124 Å². The van der Waals surface area contributed by atoms with E-state index in [2.05, 4.69) is 11.9 Å². The standard InChI is InChI=1S/C18H32N2/c1-20(11-13-4-2-3-5-13)18(12-19)16-7-14-6-15(9-16)10-17(18)8-14/h13-17H,2-12,19H2,1H3. The fourth-order valence-electron chi connectivity index (χ4n) is 6.86. The van der Waals surface area contributed by atoms with Crippen LogP contribution in [-0.2, 0) is 0 Å². The van der Waals surface area contributed by atoms with E-state index < -0.39 is 0 Å². The van der Waals surface area contributed by atoms with Gasteiger partial charge in [-0.05, 0) is 81.6 Å². The monoisotopic (exact) mass is 276 g/mol. The van der Waals surface area contributed by atoms with Crippen molar-refractivity contribution in [3.05, 3.63) is 0 Å². The van der Waals surface area contributed by atoms with Crippen LogP contribution in [-0.4, -0.2) is 30.6 Å². The molecule has 114 valence electrons. The topological polar surface area (TPSA) is 29.3 Å². The van der Waals surface area contributed by atoms with E-state index >= 15 is 0 Å². The van der Waals surface area contributed by atoms with E-state index in [-0.39, 0.29) is 0 Å². The van der Waals surface area contributed by atoms with Crippen LogP contribution >= 0.6 is 0 Å². The summed E-state index contributed by atoms with van der Waals surface area (Å²) >= 11 is 0. The molecule has 0 aromatic heterocycles. The summed E-state index contributed by atoms with van der Waals surface area (Å²) in [6.45, 7) is 2.23. The summed E-state index contributed by atoms with van der Waals surface area (Å²) in [6.07, 6.45) is 13.3. The lowest BCUT2D eigenvalue weighted by Crippen LogP contribution is -2.68. The quantitative estimate of drug-likeness (QED) is 0.854. The molecule has 0 amide bonds. The van der Waals surface area contributed by atoms with Crippen molar-refractivity contribution in [2.45, 2.75) is 63.3 Å². The van der Waals surface area contributed by atoms with Crippen LogP contribution in [0.2, 0.25) is 0 Å². The number of hydrogen-bond donors (Lipinski definition) is 1. The number of likely N-dealkylation sites (N-methyl/N-ethyl adjacent to an activating group) is 1. The molecule has 0 saturated heterocycles. The van der Waals surface area contributed by atoms with E-state index in [9.17, 15) is 0 Å². The molecule has 5 rings (SSSR count). The predicted octanol–water partition coefficient (Wildman–Crippen LogP) is 3.26. The zero-order valence-electron chi connectivity index (χ0n) is 13.2. The summed E-state index contributed by atoms with van der Waals surface area (Å²) in [5.74, 6) is 4.89. The van der Waals surface area contributed by atoms with E-state index in [4.69, 9.17) is 5.73 Å². The highest BCUT2D eigenvalue weighted by atomic mass is 15.2. The molecule has 0 heterocycles. The van der Waals surface area contributed by atoms with Crippen LogP contribution in [0.5, 0.6) is 0 Å². The van der Waals surface area contributed by atoms with Crippen LogP contribution in [0.4, 0.5) is 0 Å². The molecule has 2 heteroatoms. The number of rotatable bonds is 4. The number of hydrogen-bond acceptors (Lipinski definition) is 2. The average Bonchev–Trinajstić information content (AvgIpc) is 2.91. The number of nitrogens with zero attached hydrogens (tertiary/aromatic N) is 1. The maximum Gasteiger partial charge on any atom is 0.0385 e. The minimum absolute atomic E-state index is 0.371. The van der Waals surface area contributed by atoms with Crippen molar-refractivity contribution < 1.29 is 0 Å². The van der Waals surface area contributed by atoms with E-state index in [0.29, 0.717) is 5.54 Å². The minimum atomic E-state index is 0.371. The second kappa shape index (κ2) is 4.98. The molecule has 0 aliphatic heterocycles. The van der Waals surface area contributed by atoms with Crippen LogP contribution in [0.1, 0.15) is 57.8 Å². The Morgan fingerprint density at radius 3 is 2.00 bits per heavy atom. The van der Waals surface area contributed by atoms with Crippen molar-refractivity contribution >= 4 is 0 Å². The van der Waals surface area contributed by atoms with Crippen molar-refractivity contribution in [2.75, 3.05) is 20.1 Å². The Morgan fingerprint density at radius 2 is 1.50 bits per heavy atom. The molecule has 0 spiro atoms. The lowest BCUT2D eigenvalue weighted by molar-refractivity contribution is -0.126. The van der Waals surface area contributed by atoms with Gasteiger partial charge in [-0.1, -0.05) is 12.8 Å². The van der Waals surface area contributed by atoms with E-state index in [0.717, 1.165) is 36.1 Å². The van der Waals surface area contributed by atoms with Gasteiger partial charge >= 0.3 is 0 Å². The van der Waals surface area contributed by atoms with Gasteiger partial charge in [0, 0.05) is 18.6 Å². The largest absolute Gasteiger partial charge is 0.329 e. The van der Waals surface area contributed by atoms with Crippen LogP contribution in [0, 0.1) is 29.6 Å². The first-order chi connectivity index (χ1) is 9.72. The summed E-state index contributed by atoms with van der Waals surface area (Å²) in [6, 6.07) is 0. The molecule has 4 bridgehead atoms. The molecule has 2 N–H and O–H groups in total. The number of nitrogens with two attached hydrogens (primary N) is 1. The van der Waals surface area contributed by atoms with Crippen LogP contribution in [0.3, 0.4) is 0 Å². The second-order valence-electron chi connectivity index (χ2n) is 8.53. The molecular weight excluding hydrogens is 244 g/mol. The third-order valence-corrected chi connectivity index (χ3v) is 7.60. The molecule has 0 atom stereocenters. The van der Waals surface area contributed by atoms with Crippen LogP contribution in [0.25, 0.3) is 0 Å². The van der Waals surface area contributed by atoms with Crippen molar-refractivity contribution in [1.29, 1.82) is 0 Å². The molecule has 2 nitrogen and oxygen atoms in total. The Morgan fingerprint density at radius 1 is 0.950 bits per heavy atom. The van der Waals surface area contributed by atoms with Crippen molar-refractivity contribution in [2.24, 2.45) is 35.3 Å². The van der Waals surface area contributed by atoms with Gasteiger partial charge in [-0.3, -0.25) is 4.90 Å². The Hall–Kier alpha value is -0.0800. The third kappa shape index (κ3) is 1.90. The van der Waals surface area contributed by atoms with Crippen LogP contribution in [0.15, 0.2) is 0 Å². The molecular formula is C18H32N2. The van der Waals surface area contributed by atoms with Crippen molar-refractivity contribution in [3.8, 4) is 0 Å². The first kappa shape index (κ1) is 13.6. The Balaban J connectivity index is 1.55. The molecule has 0 aromatic carbocycles. The van der Waals surface area contributed by atoms with Gasteiger partial charge in [0.2, 0.25) is 0 Å². The Bertz CT molecular complexity index is 330. The molecule has 5 aliphatic rings. The van der Waals surface area contributed by atoms with Gasteiger partial charge in [-0.15, -0.1) is 0 Å². The van der Waals surface area contributed by atoms with Gasteiger partial charge in [-0.25, -0.2) is 0 Å². The normalized spacial score (nSPS) is 47.5. The zero-order chi connectivity index (χ0) is 13.7. The second-order valence-corrected chi connectivity index (χ2v) is 8.53. The molecule has 5 fully saturated rings. The first-order valence-electron chi connectivity index (χ1n) is 9.13. The maximum atomic E-state index is 6.42. The smallest absolute Gasteiger partial charge is 0.0385 e. The first-order valence-corrected chi connectivity index (χ1v) is 9.13. The predicted molar refractivity (Wildman–Crippen MR) is 83.4 cm³/mol. The highest BCUT2D eigenvalue weighted by Gasteiger charge is 2.58. The van der Waals surface area contributed by atoms with E-state index in [1.54, 1.807) is 6.42 Å². The van der Waals surface area contributed by atoms with E-state index in [1.165, 1.54) is 57.9 Å². The molecule has 0 unspecified atom stereocenters. The summed E-state index contributed by atoms with van der Waals surface area (Å²) < 4.78 is 0. The summed E-state index contributed by atoms with van der Waals surface area (Å²) in [5, 5.41) is 0.